The lowest BCUT2D eigenvalue weighted by Crippen LogP contribution is -2.54. The minimum atomic E-state index is -0.801. The molecule has 0 aliphatic heterocycles. The summed E-state index contributed by atoms with van der Waals surface area (Å²) in [5.74, 6) is 0.178. The molecule has 0 amide bonds. The van der Waals surface area contributed by atoms with E-state index in [1.54, 1.807) is 0 Å². The summed E-state index contributed by atoms with van der Waals surface area (Å²) in [7, 11) is 0. The molecular weight excluding hydrogens is 212 g/mol. The topological polar surface area (TPSA) is 37.3 Å². The van der Waals surface area contributed by atoms with Gasteiger partial charge in [0, 0.05) is 5.92 Å². The number of carbonyl (C=O) groups excluding carboxylic acids is 1. The van der Waals surface area contributed by atoms with Crippen LogP contribution in [0.2, 0.25) is 0 Å². The fourth-order valence-electron chi connectivity index (χ4n) is 3.72. The molecule has 1 saturated carbocycles. The number of hydrogen-bond donors (Lipinski definition) is 1. The number of fused-ring (bicyclic) bond motifs is 1. The van der Waals surface area contributed by atoms with Gasteiger partial charge in [0.05, 0.1) is 11.5 Å². The van der Waals surface area contributed by atoms with Crippen molar-refractivity contribution in [1.82, 2.24) is 0 Å². The first-order chi connectivity index (χ1) is 7.76. The maximum atomic E-state index is 12.5. The van der Waals surface area contributed by atoms with E-state index in [2.05, 4.69) is 26.8 Å². The van der Waals surface area contributed by atoms with Crippen LogP contribution in [0.1, 0.15) is 53.4 Å². The molecule has 0 radical (unpaired) electrons. The lowest BCUT2D eigenvalue weighted by molar-refractivity contribution is -0.154. The predicted octanol–water partition coefficient (Wildman–Crippen LogP) is 3.10. The summed E-state index contributed by atoms with van der Waals surface area (Å²) in [5.41, 5.74) is 0.299. The van der Waals surface area contributed by atoms with Crippen molar-refractivity contribution in [2.45, 2.75) is 59.0 Å². The summed E-state index contributed by atoms with van der Waals surface area (Å²) < 4.78 is 0. The van der Waals surface area contributed by atoms with Crippen LogP contribution in [-0.4, -0.2) is 16.5 Å². The molecule has 0 saturated heterocycles. The molecule has 1 fully saturated rings. The van der Waals surface area contributed by atoms with Crippen molar-refractivity contribution in [2.24, 2.45) is 17.3 Å². The molecule has 17 heavy (non-hydrogen) atoms. The van der Waals surface area contributed by atoms with Gasteiger partial charge in [0.25, 0.3) is 0 Å². The zero-order valence-corrected chi connectivity index (χ0v) is 11.4. The van der Waals surface area contributed by atoms with Gasteiger partial charge in [0.2, 0.25) is 0 Å². The molecule has 2 aliphatic rings. The van der Waals surface area contributed by atoms with Crippen LogP contribution in [0, 0.1) is 17.3 Å². The van der Waals surface area contributed by atoms with Crippen LogP contribution >= 0.6 is 0 Å². The summed E-state index contributed by atoms with van der Waals surface area (Å²) in [5, 5.41) is 10.9. The van der Waals surface area contributed by atoms with E-state index >= 15 is 0 Å². The van der Waals surface area contributed by atoms with Crippen molar-refractivity contribution in [1.29, 1.82) is 0 Å². The minimum absolute atomic E-state index is 0.109. The molecule has 2 nitrogen and oxygen atoms in total. The van der Waals surface area contributed by atoms with Crippen molar-refractivity contribution in [3.8, 4) is 0 Å². The van der Waals surface area contributed by atoms with Gasteiger partial charge in [-0.15, -0.1) is 0 Å². The molecule has 2 heteroatoms. The maximum absolute atomic E-state index is 12.5. The normalized spacial score (nSPS) is 41.5. The highest BCUT2D eigenvalue weighted by Crippen LogP contribution is 2.50. The lowest BCUT2D eigenvalue weighted by atomic mass is 9.59. The molecule has 0 unspecified atom stereocenters. The molecule has 2 rings (SSSR count). The number of carbonyl (C=O) groups is 1. The number of aliphatic hydroxyl groups is 1. The van der Waals surface area contributed by atoms with Gasteiger partial charge in [-0.3, -0.25) is 4.79 Å². The van der Waals surface area contributed by atoms with E-state index in [9.17, 15) is 9.90 Å². The van der Waals surface area contributed by atoms with Crippen LogP contribution in [0.3, 0.4) is 0 Å². The van der Waals surface area contributed by atoms with E-state index in [0.717, 1.165) is 19.3 Å². The molecule has 0 bridgehead atoms. The van der Waals surface area contributed by atoms with Gasteiger partial charge in [0.1, 0.15) is 5.78 Å². The Kier molecular flexibility index (Phi) is 2.97. The third-order valence-corrected chi connectivity index (χ3v) is 4.66. The quantitative estimate of drug-likeness (QED) is 0.656. The fraction of sp³-hybridized carbons (Fsp3) is 0.800. The van der Waals surface area contributed by atoms with Crippen molar-refractivity contribution in [2.75, 3.05) is 0 Å². The number of Topliss-reactive ketones (excluding diaryl/α,β-unsaturated/α-hetero) is 1. The van der Waals surface area contributed by atoms with Crippen LogP contribution in [-0.2, 0) is 4.79 Å². The zero-order chi connectivity index (χ0) is 12.8. The first kappa shape index (κ1) is 12.8. The fourth-order valence-corrected chi connectivity index (χ4v) is 3.72. The van der Waals surface area contributed by atoms with Crippen LogP contribution in [0.5, 0.6) is 0 Å². The molecule has 3 atom stereocenters. The van der Waals surface area contributed by atoms with Gasteiger partial charge < -0.3 is 5.11 Å². The third kappa shape index (κ3) is 2.08. The molecule has 0 aromatic carbocycles. The average Bonchev–Trinajstić information content (AvgIpc) is 2.29. The van der Waals surface area contributed by atoms with Gasteiger partial charge in [-0.05, 0) is 38.0 Å². The average molecular weight is 236 g/mol. The first-order valence-electron chi connectivity index (χ1n) is 6.68. The first-order valence-corrected chi connectivity index (χ1v) is 6.68. The van der Waals surface area contributed by atoms with E-state index in [4.69, 9.17) is 0 Å². The molecule has 2 aliphatic carbocycles. The predicted molar refractivity (Wildman–Crippen MR) is 68.6 cm³/mol. The Morgan fingerprint density at radius 2 is 2.06 bits per heavy atom. The van der Waals surface area contributed by atoms with Gasteiger partial charge in [0.15, 0.2) is 0 Å². The minimum Gasteiger partial charge on any atom is -0.389 e. The van der Waals surface area contributed by atoms with Gasteiger partial charge in [-0.1, -0.05) is 32.4 Å². The molecule has 0 aromatic rings. The second-order valence-electron chi connectivity index (χ2n) is 6.80. The van der Waals surface area contributed by atoms with Gasteiger partial charge in [-0.2, -0.15) is 0 Å². The number of allylic oxidation sites excluding steroid dienone is 1. The summed E-state index contributed by atoms with van der Waals surface area (Å²) in [6.07, 6.45) is 5.35. The lowest BCUT2D eigenvalue weighted by Gasteiger charge is -2.47. The Morgan fingerprint density at radius 3 is 2.71 bits per heavy atom. The van der Waals surface area contributed by atoms with E-state index in [1.807, 2.05) is 6.92 Å². The third-order valence-electron chi connectivity index (χ3n) is 4.66. The van der Waals surface area contributed by atoms with Crippen molar-refractivity contribution >= 4 is 5.78 Å². The zero-order valence-electron chi connectivity index (χ0n) is 11.4. The van der Waals surface area contributed by atoms with Gasteiger partial charge >= 0.3 is 0 Å². The Bertz CT molecular complexity index is 367. The van der Waals surface area contributed by atoms with Crippen LogP contribution in [0.25, 0.3) is 0 Å². The number of rotatable bonds is 0. The molecular formula is C15H24O2. The summed E-state index contributed by atoms with van der Waals surface area (Å²) in [6.45, 7) is 8.31. The van der Waals surface area contributed by atoms with Crippen molar-refractivity contribution in [3.63, 3.8) is 0 Å². The highest BCUT2D eigenvalue weighted by molar-refractivity contribution is 5.86. The Morgan fingerprint density at radius 1 is 1.41 bits per heavy atom. The molecule has 0 spiro atoms. The molecule has 0 heterocycles. The van der Waals surface area contributed by atoms with Crippen molar-refractivity contribution < 1.29 is 9.90 Å². The summed E-state index contributed by atoms with van der Waals surface area (Å²) >= 11 is 0. The van der Waals surface area contributed by atoms with E-state index in [-0.39, 0.29) is 23.0 Å². The molecule has 96 valence electrons. The standard InChI is InChI=1S/C15H24O2/c1-10-5-7-14(3,4)13-12(16)11(2)6-8-15(13,17)9-10/h5,11,13,17H,6-9H2,1-4H3/t11-,13+,15-/m1/s1. The van der Waals surface area contributed by atoms with Crippen LogP contribution < -0.4 is 0 Å². The Hall–Kier alpha value is -0.630. The molecule has 0 aromatic heterocycles. The number of hydrogen-bond acceptors (Lipinski definition) is 2. The summed E-state index contributed by atoms with van der Waals surface area (Å²) in [4.78, 5) is 12.5. The number of ketones is 1. The van der Waals surface area contributed by atoms with Gasteiger partial charge in [-0.25, -0.2) is 0 Å². The Labute approximate surface area is 104 Å². The second kappa shape index (κ2) is 3.94. The van der Waals surface area contributed by atoms with E-state index < -0.39 is 5.60 Å². The molecule has 1 N–H and O–H groups in total. The van der Waals surface area contributed by atoms with Crippen molar-refractivity contribution in [3.05, 3.63) is 11.6 Å². The van der Waals surface area contributed by atoms with Crippen LogP contribution in [0.15, 0.2) is 11.6 Å². The Balaban J connectivity index is 2.44. The highest BCUT2D eigenvalue weighted by Gasteiger charge is 2.53. The van der Waals surface area contributed by atoms with Crippen LogP contribution in [0.4, 0.5) is 0 Å². The van der Waals surface area contributed by atoms with E-state index in [0.29, 0.717) is 6.42 Å². The van der Waals surface area contributed by atoms with E-state index in [1.165, 1.54) is 5.57 Å². The second-order valence-corrected chi connectivity index (χ2v) is 6.80. The summed E-state index contributed by atoms with van der Waals surface area (Å²) in [6, 6.07) is 0. The monoisotopic (exact) mass is 236 g/mol. The largest absolute Gasteiger partial charge is 0.389 e. The highest BCUT2D eigenvalue weighted by atomic mass is 16.3. The SMILES string of the molecule is CC1=CCC(C)(C)[C@@H]2C(=O)[C@H](C)CC[C@@]2(O)C1. The smallest absolute Gasteiger partial charge is 0.142 e. The maximum Gasteiger partial charge on any atom is 0.142 e.